The quantitative estimate of drug-likeness (QED) is 0.842. The third kappa shape index (κ3) is 3.95. The largest absolute Gasteiger partial charge is 0.374 e. The topological polar surface area (TPSA) is 15.3 Å². The van der Waals surface area contributed by atoms with Crippen LogP contribution >= 0.6 is 0 Å². The zero-order valence-electron chi connectivity index (χ0n) is 11.5. The molecule has 1 unspecified atom stereocenters. The van der Waals surface area contributed by atoms with Gasteiger partial charge in [0.05, 0.1) is 0 Å². The van der Waals surface area contributed by atoms with Crippen LogP contribution in [0.3, 0.4) is 0 Å². The Morgan fingerprint density at radius 2 is 1.89 bits per heavy atom. The summed E-state index contributed by atoms with van der Waals surface area (Å²) in [5.41, 5.74) is 0.704. The number of hydrogen-bond acceptors (Lipinski definition) is 2. The normalized spacial score (nSPS) is 12.8. The fourth-order valence-electron chi connectivity index (χ4n) is 1.95. The van der Waals surface area contributed by atoms with E-state index in [0.717, 1.165) is 13.1 Å². The molecule has 1 N–H and O–H groups in total. The maximum Gasteiger partial charge on any atom is 0.160 e. The van der Waals surface area contributed by atoms with Crippen LogP contribution in [0, 0.1) is 23.5 Å². The SMILES string of the molecule is CNCC(CN(C)c1ccc(F)c(F)c1)C(C)C. The molecule has 0 aromatic heterocycles. The minimum atomic E-state index is -0.803. The van der Waals surface area contributed by atoms with Crippen molar-refractivity contribution >= 4 is 5.69 Å². The van der Waals surface area contributed by atoms with Crippen LogP contribution in [-0.4, -0.2) is 27.2 Å². The van der Waals surface area contributed by atoms with Crippen molar-refractivity contribution in [3.05, 3.63) is 29.8 Å². The molecule has 4 heteroatoms. The average molecular weight is 256 g/mol. The molecule has 1 aromatic carbocycles. The molecule has 102 valence electrons. The summed E-state index contributed by atoms with van der Waals surface area (Å²) in [4.78, 5) is 1.96. The van der Waals surface area contributed by atoms with Crippen LogP contribution in [0.4, 0.5) is 14.5 Å². The zero-order chi connectivity index (χ0) is 13.7. The second kappa shape index (κ2) is 6.69. The van der Waals surface area contributed by atoms with Gasteiger partial charge in [-0.15, -0.1) is 0 Å². The average Bonchev–Trinajstić information content (AvgIpc) is 2.31. The molecular weight excluding hydrogens is 234 g/mol. The van der Waals surface area contributed by atoms with Crippen molar-refractivity contribution in [2.24, 2.45) is 11.8 Å². The molecule has 0 saturated heterocycles. The lowest BCUT2D eigenvalue weighted by atomic mass is 9.95. The monoisotopic (exact) mass is 256 g/mol. The highest BCUT2D eigenvalue weighted by molar-refractivity contribution is 5.45. The summed E-state index contributed by atoms with van der Waals surface area (Å²) in [6.45, 7) is 6.05. The number of nitrogens with one attached hydrogen (secondary N) is 1. The minimum Gasteiger partial charge on any atom is -0.374 e. The van der Waals surface area contributed by atoms with E-state index in [4.69, 9.17) is 0 Å². The van der Waals surface area contributed by atoms with Crippen LogP contribution in [0.5, 0.6) is 0 Å². The van der Waals surface area contributed by atoms with Crippen molar-refractivity contribution in [3.63, 3.8) is 0 Å². The van der Waals surface area contributed by atoms with Crippen molar-refractivity contribution in [1.29, 1.82) is 0 Å². The molecule has 0 aliphatic heterocycles. The van der Waals surface area contributed by atoms with Gasteiger partial charge in [-0.3, -0.25) is 0 Å². The van der Waals surface area contributed by atoms with E-state index in [2.05, 4.69) is 19.2 Å². The van der Waals surface area contributed by atoms with Crippen molar-refractivity contribution in [2.75, 3.05) is 32.1 Å². The highest BCUT2D eigenvalue weighted by atomic mass is 19.2. The lowest BCUT2D eigenvalue weighted by Crippen LogP contribution is -2.34. The number of benzene rings is 1. The standard InChI is InChI=1S/C14H22F2N2/c1-10(2)11(8-17-3)9-18(4)12-5-6-13(15)14(16)7-12/h5-7,10-11,17H,8-9H2,1-4H3. The molecule has 0 saturated carbocycles. The second-order valence-corrected chi connectivity index (χ2v) is 5.04. The Balaban J connectivity index is 2.73. The number of rotatable bonds is 6. The third-order valence-corrected chi connectivity index (χ3v) is 3.26. The summed E-state index contributed by atoms with van der Waals surface area (Å²) < 4.78 is 26.0. The van der Waals surface area contributed by atoms with Gasteiger partial charge in [-0.2, -0.15) is 0 Å². The summed E-state index contributed by atoms with van der Waals surface area (Å²) in [6.07, 6.45) is 0. The molecule has 1 atom stereocenters. The Morgan fingerprint density at radius 1 is 1.22 bits per heavy atom. The summed E-state index contributed by atoms with van der Waals surface area (Å²) >= 11 is 0. The predicted molar refractivity (Wildman–Crippen MR) is 71.9 cm³/mol. The fourth-order valence-corrected chi connectivity index (χ4v) is 1.95. The second-order valence-electron chi connectivity index (χ2n) is 5.04. The molecule has 0 heterocycles. The van der Waals surface area contributed by atoms with Crippen LogP contribution in [0.25, 0.3) is 0 Å². The van der Waals surface area contributed by atoms with Gasteiger partial charge in [0.1, 0.15) is 0 Å². The zero-order valence-corrected chi connectivity index (χ0v) is 11.5. The Hall–Kier alpha value is -1.16. The summed E-state index contributed by atoms with van der Waals surface area (Å²) in [5, 5.41) is 3.17. The van der Waals surface area contributed by atoms with Crippen LogP contribution in [-0.2, 0) is 0 Å². The van der Waals surface area contributed by atoms with Crippen LogP contribution < -0.4 is 10.2 Å². The van der Waals surface area contributed by atoms with Crippen LogP contribution in [0.15, 0.2) is 18.2 Å². The Kier molecular flexibility index (Phi) is 5.54. The molecule has 0 bridgehead atoms. The highest BCUT2D eigenvalue weighted by Gasteiger charge is 2.16. The molecule has 0 fully saturated rings. The first-order valence-electron chi connectivity index (χ1n) is 6.26. The summed E-state index contributed by atoms with van der Waals surface area (Å²) in [5.74, 6) is -0.602. The van der Waals surface area contributed by atoms with Gasteiger partial charge in [0.15, 0.2) is 11.6 Å². The van der Waals surface area contributed by atoms with E-state index in [1.54, 1.807) is 6.07 Å². The van der Waals surface area contributed by atoms with E-state index in [1.807, 2.05) is 19.0 Å². The van der Waals surface area contributed by atoms with E-state index in [0.29, 0.717) is 17.5 Å². The third-order valence-electron chi connectivity index (χ3n) is 3.26. The van der Waals surface area contributed by atoms with Crippen LogP contribution in [0.1, 0.15) is 13.8 Å². The van der Waals surface area contributed by atoms with E-state index < -0.39 is 11.6 Å². The maximum atomic E-state index is 13.2. The first kappa shape index (κ1) is 14.9. The smallest absolute Gasteiger partial charge is 0.160 e. The maximum absolute atomic E-state index is 13.2. The molecule has 0 aliphatic rings. The Labute approximate surface area is 108 Å². The van der Waals surface area contributed by atoms with Gasteiger partial charge in [-0.05, 0) is 37.6 Å². The van der Waals surface area contributed by atoms with Crippen molar-refractivity contribution < 1.29 is 8.78 Å². The molecule has 2 nitrogen and oxygen atoms in total. The van der Waals surface area contributed by atoms with Crippen molar-refractivity contribution in [1.82, 2.24) is 5.32 Å². The lowest BCUT2D eigenvalue weighted by Gasteiger charge is -2.28. The van der Waals surface area contributed by atoms with E-state index in [-0.39, 0.29) is 0 Å². The first-order chi connectivity index (χ1) is 8.45. The molecule has 1 rings (SSSR count). The lowest BCUT2D eigenvalue weighted by molar-refractivity contribution is 0.376. The Bertz CT molecular complexity index is 380. The van der Waals surface area contributed by atoms with Crippen molar-refractivity contribution in [2.45, 2.75) is 13.8 Å². The van der Waals surface area contributed by atoms with Gasteiger partial charge in [0.2, 0.25) is 0 Å². The molecule has 0 radical (unpaired) electrons. The minimum absolute atomic E-state index is 0.466. The van der Waals surface area contributed by atoms with Gasteiger partial charge >= 0.3 is 0 Å². The summed E-state index contributed by atoms with van der Waals surface area (Å²) in [6, 6.07) is 4.02. The molecule has 1 aromatic rings. The molecular formula is C14H22F2N2. The van der Waals surface area contributed by atoms with Gasteiger partial charge in [0.25, 0.3) is 0 Å². The number of halogens is 2. The fraction of sp³-hybridized carbons (Fsp3) is 0.571. The van der Waals surface area contributed by atoms with Gasteiger partial charge in [-0.1, -0.05) is 13.8 Å². The van der Waals surface area contributed by atoms with Gasteiger partial charge in [-0.25, -0.2) is 8.78 Å². The highest BCUT2D eigenvalue weighted by Crippen LogP contribution is 2.19. The number of nitrogens with zero attached hydrogens (tertiary/aromatic N) is 1. The summed E-state index contributed by atoms with van der Waals surface area (Å²) in [7, 11) is 3.82. The van der Waals surface area contributed by atoms with E-state index in [9.17, 15) is 8.78 Å². The van der Waals surface area contributed by atoms with Gasteiger partial charge in [0, 0.05) is 25.3 Å². The Morgan fingerprint density at radius 3 is 2.39 bits per heavy atom. The van der Waals surface area contributed by atoms with E-state index in [1.165, 1.54) is 12.1 Å². The van der Waals surface area contributed by atoms with Crippen molar-refractivity contribution in [3.8, 4) is 0 Å². The number of hydrogen-bond donors (Lipinski definition) is 1. The van der Waals surface area contributed by atoms with Crippen LogP contribution in [0.2, 0.25) is 0 Å². The molecule has 0 amide bonds. The molecule has 18 heavy (non-hydrogen) atoms. The van der Waals surface area contributed by atoms with Gasteiger partial charge < -0.3 is 10.2 Å². The number of anilines is 1. The first-order valence-corrected chi connectivity index (χ1v) is 6.26. The molecule has 0 aliphatic carbocycles. The van der Waals surface area contributed by atoms with E-state index >= 15 is 0 Å². The molecule has 0 spiro atoms. The predicted octanol–water partition coefficient (Wildman–Crippen LogP) is 2.89.